The number of methoxy groups -OCH3 is 1. The number of aliphatic hydroxyl groups excluding tert-OH is 5. The lowest BCUT2D eigenvalue weighted by atomic mass is 9.97. The van der Waals surface area contributed by atoms with Crippen LogP contribution in [-0.4, -0.2) is 98.5 Å². The lowest BCUT2D eigenvalue weighted by Crippen LogP contribution is -2.50. The molecule has 0 saturated heterocycles. The number of carbonyl (C=O) groups excluding carboxylic acids is 2. The number of fused-ring (bicyclic) bond motifs is 2. The summed E-state index contributed by atoms with van der Waals surface area (Å²) in [5.74, 6) is -1.12. The van der Waals surface area contributed by atoms with Gasteiger partial charge in [-0.3, -0.25) is 9.59 Å². The minimum Gasteiger partial charge on any atom is -0.496 e. The molecule has 266 valence electrons. The molecule has 0 fully saturated rings. The van der Waals surface area contributed by atoms with Crippen LogP contribution in [0.4, 0.5) is 18.9 Å². The second kappa shape index (κ2) is 14.8. The highest BCUT2D eigenvalue weighted by atomic mass is 35.5. The Bertz CT molecular complexity index is 1880. The number of alkyl halides is 3. The van der Waals surface area contributed by atoms with Crippen molar-refractivity contribution in [2.75, 3.05) is 32.2 Å². The summed E-state index contributed by atoms with van der Waals surface area (Å²) < 4.78 is 48.7. The highest BCUT2D eigenvalue weighted by Gasteiger charge is 2.36. The second-order valence-electron chi connectivity index (χ2n) is 11.9. The summed E-state index contributed by atoms with van der Waals surface area (Å²) in [5.41, 5.74) is 0.859. The summed E-state index contributed by atoms with van der Waals surface area (Å²) in [6, 6.07) is 17.7. The summed E-state index contributed by atoms with van der Waals surface area (Å²) >= 11 is 6.56. The van der Waals surface area contributed by atoms with Crippen LogP contribution in [0.1, 0.15) is 37.7 Å². The number of hydrogen-bond donors (Lipinski definition) is 5. The molecular weight excluding hydrogens is 683 g/mol. The zero-order valence-corrected chi connectivity index (χ0v) is 27.6. The van der Waals surface area contributed by atoms with Crippen molar-refractivity contribution in [2.45, 2.75) is 43.7 Å². The Labute approximate surface area is 289 Å². The van der Waals surface area contributed by atoms with Crippen molar-refractivity contribution in [1.82, 2.24) is 9.47 Å². The van der Waals surface area contributed by atoms with Gasteiger partial charge in [-0.15, -0.1) is 0 Å². The summed E-state index contributed by atoms with van der Waals surface area (Å²) in [4.78, 5) is 30.5. The van der Waals surface area contributed by atoms with Crippen LogP contribution in [0, 0.1) is 0 Å². The molecule has 0 radical (unpaired) electrons. The Hall–Kier alpha value is -4.44. The van der Waals surface area contributed by atoms with Crippen molar-refractivity contribution in [3.63, 3.8) is 0 Å². The van der Waals surface area contributed by atoms with Crippen molar-refractivity contribution >= 4 is 29.1 Å². The molecule has 0 aliphatic carbocycles. The summed E-state index contributed by atoms with van der Waals surface area (Å²) in [6.45, 7) is -1.15. The van der Waals surface area contributed by atoms with Crippen LogP contribution in [0.2, 0.25) is 5.02 Å². The molecule has 4 aromatic rings. The smallest absolute Gasteiger partial charge is 0.417 e. The van der Waals surface area contributed by atoms with Crippen LogP contribution in [0.3, 0.4) is 0 Å². The average Bonchev–Trinajstić information content (AvgIpc) is 3.41. The number of halogens is 4. The van der Waals surface area contributed by atoms with E-state index in [1.54, 1.807) is 41.0 Å². The van der Waals surface area contributed by atoms with Crippen LogP contribution in [0.25, 0.3) is 11.1 Å². The zero-order valence-electron chi connectivity index (χ0n) is 26.9. The molecule has 50 heavy (non-hydrogen) atoms. The van der Waals surface area contributed by atoms with Gasteiger partial charge in [0.2, 0.25) is 0 Å². The third-order valence-corrected chi connectivity index (χ3v) is 8.95. The topological polar surface area (TPSA) is 156 Å². The van der Waals surface area contributed by atoms with Gasteiger partial charge in [0.15, 0.2) is 0 Å². The zero-order chi connectivity index (χ0) is 36.5. The molecule has 0 spiro atoms. The first kappa shape index (κ1) is 36.8. The quantitative estimate of drug-likeness (QED) is 0.167. The van der Waals surface area contributed by atoms with Crippen LogP contribution >= 0.6 is 11.6 Å². The number of para-hydroxylation sites is 1. The largest absolute Gasteiger partial charge is 0.496 e. The highest BCUT2D eigenvalue weighted by Crippen LogP contribution is 2.42. The van der Waals surface area contributed by atoms with Gasteiger partial charge >= 0.3 is 6.18 Å². The Morgan fingerprint density at radius 2 is 1.58 bits per heavy atom. The van der Waals surface area contributed by atoms with E-state index in [1.807, 2.05) is 0 Å². The molecule has 3 aromatic carbocycles. The number of ether oxygens (including phenoxy) is 1. The van der Waals surface area contributed by atoms with Gasteiger partial charge in [0.25, 0.3) is 11.8 Å². The molecular formula is C35H35ClF3N3O8. The van der Waals surface area contributed by atoms with E-state index in [1.165, 1.54) is 49.4 Å². The van der Waals surface area contributed by atoms with Crippen molar-refractivity contribution < 1.29 is 53.0 Å². The molecule has 1 aliphatic heterocycles. The summed E-state index contributed by atoms with van der Waals surface area (Å²) in [7, 11) is 2.67. The Morgan fingerprint density at radius 3 is 2.26 bits per heavy atom. The second-order valence-corrected chi connectivity index (χ2v) is 12.3. The van der Waals surface area contributed by atoms with Crippen LogP contribution in [0.15, 0.2) is 72.8 Å². The third-order valence-electron chi connectivity index (χ3n) is 8.64. The lowest BCUT2D eigenvalue weighted by molar-refractivity contribution is -0.137. The summed E-state index contributed by atoms with van der Waals surface area (Å²) in [6.07, 6.45) is -11.7. The van der Waals surface area contributed by atoms with Gasteiger partial charge in [-0.05, 0) is 47.5 Å². The number of nitrogens with zero attached hydrogens (tertiary/aromatic N) is 3. The molecule has 0 unspecified atom stereocenters. The maximum absolute atomic E-state index is 14.3. The number of amides is 2. The van der Waals surface area contributed by atoms with Crippen LogP contribution in [-0.2, 0) is 19.3 Å². The van der Waals surface area contributed by atoms with Crippen LogP contribution < -0.4 is 9.64 Å². The van der Waals surface area contributed by atoms with Gasteiger partial charge in [0.1, 0.15) is 35.9 Å². The van der Waals surface area contributed by atoms with E-state index in [0.29, 0.717) is 16.9 Å². The van der Waals surface area contributed by atoms with E-state index in [9.17, 15) is 43.2 Å². The monoisotopic (exact) mass is 717 g/mol. The first-order chi connectivity index (χ1) is 23.7. The highest BCUT2D eigenvalue weighted by molar-refractivity contribution is 6.34. The van der Waals surface area contributed by atoms with E-state index < -0.39 is 61.1 Å². The molecule has 5 N–H and O–H groups in total. The Kier molecular flexibility index (Phi) is 10.9. The van der Waals surface area contributed by atoms with E-state index in [2.05, 4.69) is 0 Å². The fourth-order valence-electron chi connectivity index (χ4n) is 5.96. The molecule has 5 rings (SSSR count). The number of hydrogen-bond acceptors (Lipinski definition) is 8. The molecule has 2 amide bonds. The van der Waals surface area contributed by atoms with E-state index in [4.69, 9.17) is 21.4 Å². The average molecular weight is 718 g/mol. The number of rotatable bonds is 10. The van der Waals surface area contributed by atoms with Gasteiger partial charge in [0, 0.05) is 35.6 Å². The standard InChI is InChI=1S/C35H35ClF3N3O8/c1-40(17-28(44)31(46)32(47)29(45)18-43)34(49)27-12-11-20-16-42(26-10-6-3-7-19(26)15-41(20)27)33(48)23-13-25(36)22(14-30(23)50-2)21-8-4-5-9-24(21)35(37,38)39/h3-14,28-29,31-32,43-47H,15-18H2,1-2H3/t28-,29+,31+,32+/m0/s1. The summed E-state index contributed by atoms with van der Waals surface area (Å²) in [5, 5.41) is 49.2. The molecule has 1 aromatic heterocycles. The molecule has 4 atom stereocenters. The maximum Gasteiger partial charge on any atom is 0.417 e. The molecule has 0 bridgehead atoms. The third kappa shape index (κ3) is 7.22. The predicted molar refractivity (Wildman–Crippen MR) is 177 cm³/mol. The van der Waals surface area contributed by atoms with Crippen molar-refractivity contribution in [1.29, 1.82) is 0 Å². The first-order valence-corrected chi connectivity index (χ1v) is 15.8. The van der Waals surface area contributed by atoms with E-state index >= 15 is 0 Å². The minimum atomic E-state index is -4.66. The van der Waals surface area contributed by atoms with Gasteiger partial charge < -0.3 is 44.6 Å². The number of carbonyl (C=O) groups is 2. The van der Waals surface area contributed by atoms with Gasteiger partial charge in [0.05, 0.1) is 37.9 Å². The lowest BCUT2D eigenvalue weighted by Gasteiger charge is -2.28. The fourth-order valence-corrected chi connectivity index (χ4v) is 6.23. The SMILES string of the molecule is COc1cc(-c2ccccc2C(F)(F)F)c(Cl)cc1C(=O)N1Cc2ccc(C(=O)N(C)C[C@H](O)[C@@H](O)[C@H](O)[C@H](O)CO)n2Cc2ccccc21. The van der Waals surface area contributed by atoms with Gasteiger partial charge in [-0.2, -0.15) is 13.2 Å². The number of aromatic nitrogens is 1. The predicted octanol–water partition coefficient (Wildman–Crippen LogP) is 3.55. The number of anilines is 1. The van der Waals surface area contributed by atoms with Crippen LogP contribution in [0.5, 0.6) is 5.75 Å². The molecule has 15 heteroatoms. The fraction of sp³-hybridized carbons (Fsp3) is 0.314. The van der Waals surface area contributed by atoms with Gasteiger partial charge in [-0.1, -0.05) is 48.0 Å². The normalized spacial score (nSPS) is 15.3. The Balaban J connectivity index is 1.47. The van der Waals surface area contributed by atoms with E-state index in [-0.39, 0.29) is 46.2 Å². The number of benzene rings is 3. The molecule has 0 saturated carbocycles. The van der Waals surface area contributed by atoms with Crippen molar-refractivity contribution in [3.8, 4) is 16.9 Å². The first-order valence-electron chi connectivity index (χ1n) is 15.4. The molecule has 11 nitrogen and oxygen atoms in total. The Morgan fingerprint density at radius 1 is 0.920 bits per heavy atom. The van der Waals surface area contributed by atoms with E-state index in [0.717, 1.165) is 11.0 Å². The number of likely N-dealkylation sites (N-methyl/N-ethyl adjacent to an activating group) is 1. The van der Waals surface area contributed by atoms with Crippen molar-refractivity contribution in [2.24, 2.45) is 0 Å². The van der Waals surface area contributed by atoms with Gasteiger partial charge in [-0.25, -0.2) is 0 Å². The maximum atomic E-state index is 14.3. The number of aliphatic hydroxyl groups is 5. The van der Waals surface area contributed by atoms with Crippen molar-refractivity contribution in [3.05, 3.63) is 106 Å². The molecule has 2 heterocycles. The molecule has 1 aliphatic rings. The minimum absolute atomic E-state index is 0.00153.